The monoisotopic (exact) mass is 278 g/mol. The average Bonchev–Trinajstić information content (AvgIpc) is 2.81. The number of hydrogen-bond acceptors (Lipinski definition) is 4. The minimum Gasteiger partial charge on any atom is -0.383 e. The summed E-state index contributed by atoms with van der Waals surface area (Å²) in [5.41, 5.74) is 7.29. The number of hydrogen-bond donors (Lipinski definition) is 1. The molecule has 0 spiro atoms. The van der Waals surface area contributed by atoms with Crippen LogP contribution in [0.15, 0.2) is 24.3 Å². The van der Waals surface area contributed by atoms with E-state index in [0.717, 1.165) is 26.2 Å². The highest BCUT2D eigenvalue weighted by Gasteiger charge is 2.13. The molecule has 0 aliphatic carbocycles. The van der Waals surface area contributed by atoms with Crippen LogP contribution in [0.25, 0.3) is 10.1 Å². The van der Waals surface area contributed by atoms with Gasteiger partial charge in [-0.15, -0.1) is 11.3 Å². The van der Waals surface area contributed by atoms with E-state index in [4.69, 9.17) is 10.5 Å². The number of nitrogens with two attached hydrogens (primary N) is 1. The van der Waals surface area contributed by atoms with Crippen LogP contribution >= 0.6 is 11.3 Å². The Morgan fingerprint density at radius 3 is 2.79 bits per heavy atom. The van der Waals surface area contributed by atoms with Crippen molar-refractivity contribution < 1.29 is 4.74 Å². The van der Waals surface area contributed by atoms with Crippen molar-refractivity contribution in [3.63, 3.8) is 0 Å². The lowest BCUT2D eigenvalue weighted by Crippen LogP contribution is -2.27. The molecule has 0 aliphatic heterocycles. The molecule has 19 heavy (non-hydrogen) atoms. The van der Waals surface area contributed by atoms with Crippen molar-refractivity contribution in [3.05, 3.63) is 34.7 Å². The number of rotatable bonds is 7. The van der Waals surface area contributed by atoms with E-state index in [1.54, 1.807) is 7.11 Å². The van der Waals surface area contributed by atoms with E-state index in [1.165, 1.54) is 20.5 Å². The summed E-state index contributed by atoms with van der Waals surface area (Å²) in [4.78, 5) is 3.70. The molecule has 1 heterocycles. The summed E-state index contributed by atoms with van der Waals surface area (Å²) < 4.78 is 6.51. The summed E-state index contributed by atoms with van der Waals surface area (Å²) in [6, 6.07) is 8.56. The fourth-order valence-corrected chi connectivity index (χ4v) is 3.37. The quantitative estimate of drug-likeness (QED) is 0.846. The van der Waals surface area contributed by atoms with Crippen molar-refractivity contribution in [1.82, 2.24) is 4.90 Å². The largest absolute Gasteiger partial charge is 0.383 e. The van der Waals surface area contributed by atoms with E-state index < -0.39 is 0 Å². The van der Waals surface area contributed by atoms with E-state index in [-0.39, 0.29) is 0 Å². The first-order valence-corrected chi connectivity index (χ1v) is 7.52. The SMILES string of the molecule is CCN(CCOC)Cc1c(CN)sc2ccccc12. The zero-order valence-corrected chi connectivity index (χ0v) is 12.5. The Morgan fingerprint density at radius 2 is 2.11 bits per heavy atom. The van der Waals surface area contributed by atoms with Crippen LogP contribution in [-0.4, -0.2) is 31.7 Å². The van der Waals surface area contributed by atoms with Gasteiger partial charge in [0.1, 0.15) is 0 Å². The highest BCUT2D eigenvalue weighted by atomic mass is 32.1. The Morgan fingerprint density at radius 1 is 1.32 bits per heavy atom. The van der Waals surface area contributed by atoms with Crippen LogP contribution in [0.3, 0.4) is 0 Å². The molecule has 2 N–H and O–H groups in total. The Hall–Kier alpha value is -0.940. The van der Waals surface area contributed by atoms with Gasteiger partial charge in [0.25, 0.3) is 0 Å². The predicted molar refractivity (Wildman–Crippen MR) is 82.5 cm³/mol. The highest BCUT2D eigenvalue weighted by molar-refractivity contribution is 7.19. The molecule has 4 heteroatoms. The summed E-state index contributed by atoms with van der Waals surface area (Å²) in [6.45, 7) is 6.52. The number of nitrogens with zero attached hydrogens (tertiary/aromatic N) is 1. The summed E-state index contributed by atoms with van der Waals surface area (Å²) in [6.07, 6.45) is 0. The average molecular weight is 278 g/mol. The molecule has 0 radical (unpaired) electrons. The lowest BCUT2D eigenvalue weighted by atomic mass is 10.1. The molecular formula is C15H22N2OS. The number of likely N-dealkylation sites (N-methyl/N-ethyl adjacent to an activating group) is 1. The molecular weight excluding hydrogens is 256 g/mol. The van der Waals surface area contributed by atoms with Crippen molar-refractivity contribution in [1.29, 1.82) is 0 Å². The van der Waals surface area contributed by atoms with Crippen molar-refractivity contribution in [2.24, 2.45) is 5.73 Å². The smallest absolute Gasteiger partial charge is 0.0589 e. The minimum atomic E-state index is 0.622. The maximum atomic E-state index is 5.90. The second-order valence-electron chi connectivity index (χ2n) is 4.57. The number of thiophene rings is 1. The van der Waals surface area contributed by atoms with Gasteiger partial charge in [-0.1, -0.05) is 25.1 Å². The number of benzene rings is 1. The number of methoxy groups -OCH3 is 1. The van der Waals surface area contributed by atoms with Crippen LogP contribution in [0, 0.1) is 0 Å². The Balaban J connectivity index is 2.26. The van der Waals surface area contributed by atoms with Crippen molar-refractivity contribution in [3.8, 4) is 0 Å². The molecule has 104 valence electrons. The zero-order chi connectivity index (χ0) is 13.7. The molecule has 0 saturated heterocycles. The molecule has 1 aromatic carbocycles. The van der Waals surface area contributed by atoms with Crippen LogP contribution in [0.2, 0.25) is 0 Å². The fraction of sp³-hybridized carbons (Fsp3) is 0.467. The third-order valence-electron chi connectivity index (χ3n) is 3.41. The van der Waals surface area contributed by atoms with Crippen molar-refractivity contribution in [2.45, 2.75) is 20.0 Å². The lowest BCUT2D eigenvalue weighted by Gasteiger charge is -2.20. The van der Waals surface area contributed by atoms with Gasteiger partial charge >= 0.3 is 0 Å². The van der Waals surface area contributed by atoms with Gasteiger partial charge in [-0.3, -0.25) is 4.90 Å². The molecule has 3 nitrogen and oxygen atoms in total. The summed E-state index contributed by atoms with van der Waals surface area (Å²) in [5.74, 6) is 0. The third-order valence-corrected chi connectivity index (χ3v) is 4.64. The van der Waals surface area contributed by atoms with Crippen LogP contribution in [0.4, 0.5) is 0 Å². The molecule has 2 aromatic rings. The first-order chi connectivity index (χ1) is 9.30. The fourth-order valence-electron chi connectivity index (χ4n) is 2.28. The van der Waals surface area contributed by atoms with E-state index >= 15 is 0 Å². The molecule has 0 amide bonds. The van der Waals surface area contributed by atoms with E-state index in [1.807, 2.05) is 11.3 Å². The second kappa shape index (κ2) is 7.01. The minimum absolute atomic E-state index is 0.622. The van der Waals surface area contributed by atoms with E-state index in [9.17, 15) is 0 Å². The summed E-state index contributed by atoms with van der Waals surface area (Å²) in [5, 5.41) is 1.35. The second-order valence-corrected chi connectivity index (χ2v) is 5.70. The van der Waals surface area contributed by atoms with Gasteiger partial charge in [-0.2, -0.15) is 0 Å². The first-order valence-electron chi connectivity index (χ1n) is 6.70. The standard InChI is InChI=1S/C15H22N2OS/c1-3-17(8-9-18-2)11-13-12-6-4-5-7-14(12)19-15(13)10-16/h4-7H,3,8-11,16H2,1-2H3. The van der Waals surface area contributed by atoms with Gasteiger partial charge in [0.2, 0.25) is 0 Å². The first kappa shape index (κ1) is 14.5. The normalized spacial score (nSPS) is 11.6. The Labute approximate surface area is 119 Å². The van der Waals surface area contributed by atoms with Gasteiger partial charge < -0.3 is 10.5 Å². The van der Waals surface area contributed by atoms with E-state index in [2.05, 4.69) is 36.1 Å². The van der Waals surface area contributed by atoms with Crippen LogP contribution in [0.1, 0.15) is 17.4 Å². The van der Waals surface area contributed by atoms with Crippen LogP contribution in [0.5, 0.6) is 0 Å². The molecule has 0 atom stereocenters. The van der Waals surface area contributed by atoms with Crippen molar-refractivity contribution >= 4 is 21.4 Å². The highest BCUT2D eigenvalue weighted by Crippen LogP contribution is 2.31. The molecule has 1 aromatic heterocycles. The molecule has 0 aliphatic rings. The molecule has 2 rings (SSSR count). The third kappa shape index (κ3) is 3.34. The van der Waals surface area contributed by atoms with Gasteiger partial charge in [0.05, 0.1) is 6.61 Å². The topological polar surface area (TPSA) is 38.5 Å². The summed E-state index contributed by atoms with van der Waals surface area (Å²) in [7, 11) is 1.75. The summed E-state index contributed by atoms with van der Waals surface area (Å²) >= 11 is 1.82. The maximum Gasteiger partial charge on any atom is 0.0589 e. The molecule has 0 saturated carbocycles. The van der Waals surface area contributed by atoms with Gasteiger partial charge in [-0.25, -0.2) is 0 Å². The van der Waals surface area contributed by atoms with E-state index in [0.29, 0.717) is 6.54 Å². The van der Waals surface area contributed by atoms with Gasteiger partial charge in [0, 0.05) is 36.3 Å². The van der Waals surface area contributed by atoms with Gasteiger partial charge in [0.15, 0.2) is 0 Å². The van der Waals surface area contributed by atoms with Crippen LogP contribution < -0.4 is 5.73 Å². The Kier molecular flexibility index (Phi) is 5.34. The number of fused-ring (bicyclic) bond motifs is 1. The van der Waals surface area contributed by atoms with Crippen molar-refractivity contribution in [2.75, 3.05) is 26.8 Å². The Bertz CT molecular complexity index is 524. The van der Waals surface area contributed by atoms with Crippen LogP contribution in [-0.2, 0) is 17.8 Å². The molecule has 0 fully saturated rings. The van der Waals surface area contributed by atoms with Gasteiger partial charge in [-0.05, 0) is 23.6 Å². The number of ether oxygens (including phenoxy) is 1. The molecule has 0 bridgehead atoms. The predicted octanol–water partition coefficient (Wildman–Crippen LogP) is 2.83. The molecule has 0 unspecified atom stereocenters. The zero-order valence-electron chi connectivity index (χ0n) is 11.7. The maximum absolute atomic E-state index is 5.90. The lowest BCUT2D eigenvalue weighted by molar-refractivity contribution is 0.147.